The van der Waals surface area contributed by atoms with E-state index in [0.717, 1.165) is 0 Å². The molecule has 3 rings (SSSR count). The fourth-order valence-electron chi connectivity index (χ4n) is 2.26. The first-order valence-electron chi connectivity index (χ1n) is 7.29. The topological polar surface area (TPSA) is 0 Å². The molecule has 0 aliphatic heterocycles. The molecule has 0 N–H and O–H groups in total. The maximum atomic E-state index is 2.19. The molecule has 0 saturated heterocycles. The Morgan fingerprint density at radius 3 is 1.36 bits per heavy atom. The Hall–Kier alpha value is -1.90. The average molecular weight is 322 g/mol. The Labute approximate surface area is 140 Å². The van der Waals surface area contributed by atoms with Crippen molar-refractivity contribution >= 4 is 22.7 Å². The molecule has 3 aromatic rings. The minimum Gasteiger partial charge on any atom is -0.141 e. The number of hydrogen-bond acceptors (Lipinski definition) is 2. The fourth-order valence-corrected chi connectivity index (χ4v) is 4.00. The van der Waals surface area contributed by atoms with Gasteiger partial charge in [-0.1, -0.05) is 48.5 Å². The minimum atomic E-state index is 1.25. The Morgan fingerprint density at radius 1 is 0.500 bits per heavy atom. The third kappa shape index (κ3) is 3.65. The van der Waals surface area contributed by atoms with Crippen molar-refractivity contribution < 1.29 is 0 Å². The predicted octanol–water partition coefficient (Wildman–Crippen LogP) is 6.88. The second-order valence-corrected chi connectivity index (χ2v) is 7.74. The highest BCUT2D eigenvalue weighted by molar-refractivity contribution is 7.15. The zero-order chi connectivity index (χ0) is 15.4. The van der Waals surface area contributed by atoms with E-state index in [1.54, 1.807) is 0 Å². The molecule has 0 bridgehead atoms. The van der Waals surface area contributed by atoms with E-state index >= 15 is 0 Å². The van der Waals surface area contributed by atoms with Crippen LogP contribution in [-0.4, -0.2) is 0 Å². The second kappa shape index (κ2) is 6.91. The summed E-state index contributed by atoms with van der Waals surface area (Å²) in [6.45, 7) is 4.29. The van der Waals surface area contributed by atoms with Crippen LogP contribution in [0.25, 0.3) is 20.9 Å². The summed E-state index contributed by atoms with van der Waals surface area (Å²) in [7, 11) is 0. The molecule has 0 saturated carbocycles. The summed E-state index contributed by atoms with van der Waals surface area (Å²) in [4.78, 5) is 5.31. The molecule has 0 aliphatic rings. The molecular weight excluding hydrogens is 304 g/mol. The van der Waals surface area contributed by atoms with E-state index in [1.165, 1.54) is 30.6 Å². The van der Waals surface area contributed by atoms with Gasteiger partial charge in [-0.25, -0.2) is 0 Å². The quantitative estimate of drug-likeness (QED) is 0.482. The normalized spacial score (nSPS) is 10.3. The molecule has 0 spiro atoms. The predicted molar refractivity (Wildman–Crippen MR) is 100 cm³/mol. The van der Waals surface area contributed by atoms with Crippen LogP contribution in [0.5, 0.6) is 0 Å². The summed E-state index contributed by atoms with van der Waals surface area (Å²) in [5.41, 5.74) is 2.50. The third-order valence-corrected chi connectivity index (χ3v) is 5.47. The van der Waals surface area contributed by atoms with Crippen LogP contribution in [0.15, 0.2) is 72.8 Å². The van der Waals surface area contributed by atoms with Gasteiger partial charge >= 0.3 is 0 Å². The average Bonchev–Trinajstić information content (AvgIpc) is 3.13. The summed E-state index contributed by atoms with van der Waals surface area (Å²) in [5.74, 6) is 0. The lowest BCUT2D eigenvalue weighted by atomic mass is 10.2. The summed E-state index contributed by atoms with van der Waals surface area (Å²) in [6, 6.07) is 25.9. The lowest BCUT2D eigenvalue weighted by Gasteiger charge is -1.95. The van der Waals surface area contributed by atoms with Crippen LogP contribution in [0.3, 0.4) is 0 Å². The Bertz CT molecular complexity index is 757. The molecule has 0 nitrogen and oxygen atoms in total. The van der Waals surface area contributed by atoms with Crippen molar-refractivity contribution in [3.8, 4) is 20.9 Å². The van der Waals surface area contributed by atoms with E-state index in [-0.39, 0.29) is 0 Å². The van der Waals surface area contributed by atoms with Crippen molar-refractivity contribution in [3.05, 3.63) is 82.6 Å². The van der Waals surface area contributed by atoms with E-state index in [0.29, 0.717) is 0 Å². The molecule has 0 unspecified atom stereocenters. The van der Waals surface area contributed by atoms with Gasteiger partial charge in [-0.3, -0.25) is 0 Å². The molecule has 0 atom stereocenters. The van der Waals surface area contributed by atoms with Crippen LogP contribution in [0.4, 0.5) is 0 Å². The molecule has 0 aliphatic carbocycles. The number of thiophene rings is 2. The first-order chi connectivity index (χ1) is 10.7. The summed E-state index contributed by atoms with van der Waals surface area (Å²) in [5, 5.41) is 0. The number of aryl methyl sites for hydroxylation is 2. The monoisotopic (exact) mass is 322 g/mol. The molecule has 1 aromatic carbocycles. The number of hydrogen-bond donors (Lipinski definition) is 0. The molecule has 2 heteroatoms. The van der Waals surface area contributed by atoms with Crippen molar-refractivity contribution in [2.75, 3.05) is 0 Å². The van der Waals surface area contributed by atoms with Crippen LogP contribution in [0.2, 0.25) is 0 Å². The van der Waals surface area contributed by atoms with E-state index in [1.807, 2.05) is 22.7 Å². The minimum absolute atomic E-state index is 1.25. The molecule has 0 amide bonds. The van der Waals surface area contributed by atoms with Crippen molar-refractivity contribution in [3.63, 3.8) is 0 Å². The van der Waals surface area contributed by atoms with Gasteiger partial charge in [-0.05, 0) is 49.2 Å². The molecule has 2 aromatic heterocycles. The molecule has 0 fully saturated rings. The molecule has 110 valence electrons. The van der Waals surface area contributed by atoms with Crippen LogP contribution in [-0.2, 0) is 0 Å². The highest BCUT2D eigenvalue weighted by Crippen LogP contribution is 2.28. The van der Waals surface area contributed by atoms with Gasteiger partial charge < -0.3 is 0 Å². The highest BCUT2D eigenvalue weighted by atomic mass is 32.1. The van der Waals surface area contributed by atoms with Crippen LogP contribution >= 0.6 is 22.7 Å². The summed E-state index contributed by atoms with van der Waals surface area (Å²) < 4.78 is 0. The molecule has 22 heavy (non-hydrogen) atoms. The SMILES string of the molecule is Cc1ccc(-c2cccccc(-c3ccc(C)s3)ccc2)s1. The van der Waals surface area contributed by atoms with Gasteiger partial charge in [0.1, 0.15) is 0 Å². The van der Waals surface area contributed by atoms with Gasteiger partial charge in [-0.15, -0.1) is 22.7 Å². The second-order valence-electron chi connectivity index (χ2n) is 5.17. The van der Waals surface area contributed by atoms with Crippen molar-refractivity contribution in [2.45, 2.75) is 13.8 Å². The highest BCUT2D eigenvalue weighted by Gasteiger charge is 1.99. The van der Waals surface area contributed by atoms with Gasteiger partial charge in [-0.2, -0.15) is 0 Å². The Kier molecular flexibility index (Phi) is 4.71. The summed E-state index contributed by atoms with van der Waals surface area (Å²) >= 11 is 3.67. The van der Waals surface area contributed by atoms with E-state index in [2.05, 4.69) is 86.6 Å². The van der Waals surface area contributed by atoms with Crippen LogP contribution < -0.4 is 0 Å². The Morgan fingerprint density at radius 2 is 0.955 bits per heavy atom. The van der Waals surface area contributed by atoms with Crippen LogP contribution in [0.1, 0.15) is 9.75 Å². The van der Waals surface area contributed by atoms with Gasteiger partial charge in [0, 0.05) is 19.5 Å². The fraction of sp³-hybridized carbons (Fsp3) is 0.100. The smallest absolute Gasteiger partial charge is 0.0345 e. The maximum absolute atomic E-state index is 2.19. The van der Waals surface area contributed by atoms with E-state index < -0.39 is 0 Å². The molecular formula is C20H18S2. The van der Waals surface area contributed by atoms with E-state index in [4.69, 9.17) is 0 Å². The first-order valence-corrected chi connectivity index (χ1v) is 8.93. The van der Waals surface area contributed by atoms with Gasteiger partial charge in [0.25, 0.3) is 0 Å². The van der Waals surface area contributed by atoms with Crippen molar-refractivity contribution in [2.24, 2.45) is 0 Å². The molecule has 0 radical (unpaired) electrons. The zero-order valence-electron chi connectivity index (χ0n) is 12.7. The molecule has 2 heterocycles. The van der Waals surface area contributed by atoms with Gasteiger partial charge in [0.15, 0.2) is 0 Å². The Balaban J connectivity index is 2.06. The van der Waals surface area contributed by atoms with E-state index in [9.17, 15) is 0 Å². The van der Waals surface area contributed by atoms with Gasteiger partial charge in [0.2, 0.25) is 0 Å². The third-order valence-electron chi connectivity index (χ3n) is 3.38. The van der Waals surface area contributed by atoms with Crippen molar-refractivity contribution in [1.29, 1.82) is 0 Å². The first kappa shape index (κ1) is 15.0. The van der Waals surface area contributed by atoms with Crippen LogP contribution in [0, 0.1) is 13.8 Å². The summed E-state index contributed by atoms with van der Waals surface area (Å²) in [6.07, 6.45) is 0. The van der Waals surface area contributed by atoms with Gasteiger partial charge in [0.05, 0.1) is 0 Å². The lowest BCUT2D eigenvalue weighted by molar-refractivity contribution is 1.64. The lowest BCUT2D eigenvalue weighted by Crippen LogP contribution is -1.69. The van der Waals surface area contributed by atoms with Crippen molar-refractivity contribution in [1.82, 2.24) is 0 Å². The maximum Gasteiger partial charge on any atom is 0.0345 e. The number of rotatable bonds is 2. The standard InChI is InChI=1S/C20H18S2/c1-15-11-13-19(21-15)17-7-4-3-5-8-18(10-6-9-17)20-14-12-16(2)22-20/h3-14H,1-2H3. The zero-order valence-corrected chi connectivity index (χ0v) is 14.4. The largest absolute Gasteiger partial charge is 0.141 e.